The van der Waals surface area contributed by atoms with Crippen LogP contribution in [0, 0.1) is 5.92 Å². The van der Waals surface area contributed by atoms with Crippen molar-refractivity contribution >= 4 is 34.0 Å². The number of amides is 2. The second kappa shape index (κ2) is 6.07. The minimum absolute atomic E-state index is 0.310. The van der Waals surface area contributed by atoms with Gasteiger partial charge in [0.2, 0.25) is 5.91 Å². The first-order valence-electron chi connectivity index (χ1n) is 6.76. The lowest BCUT2D eigenvalue weighted by Gasteiger charge is -2.14. The number of nitrogens with one attached hydrogen (secondary N) is 1. The highest BCUT2D eigenvalue weighted by Gasteiger charge is 2.39. The van der Waals surface area contributed by atoms with E-state index < -0.39 is 11.8 Å². The third kappa shape index (κ3) is 2.89. The topological polar surface area (TPSA) is 74.7 Å². The molecular weight excluding hydrogens is 300 g/mol. The Morgan fingerprint density at radius 1 is 1.36 bits per heavy atom. The normalized spacial score (nSPS) is 17.5. The first-order chi connectivity index (χ1) is 10.6. The van der Waals surface area contributed by atoms with E-state index in [9.17, 15) is 9.59 Å². The Hall–Kier alpha value is -2.54. The lowest BCUT2D eigenvalue weighted by molar-refractivity contribution is -0.136. The summed E-state index contributed by atoms with van der Waals surface area (Å²) in [5.41, 5.74) is 1.46. The summed E-state index contributed by atoms with van der Waals surface area (Å²) in [4.78, 5) is 28.7. The molecule has 1 aromatic heterocycles. The van der Waals surface area contributed by atoms with E-state index in [-0.39, 0.29) is 5.91 Å². The number of thiazole rings is 1. The van der Waals surface area contributed by atoms with E-state index in [1.54, 1.807) is 18.5 Å². The molecule has 1 unspecified atom stereocenters. The molecule has 0 saturated carbocycles. The van der Waals surface area contributed by atoms with E-state index >= 15 is 0 Å². The Kier molecular flexibility index (Phi) is 3.97. The lowest BCUT2D eigenvalue weighted by atomic mass is 10.0. The van der Waals surface area contributed by atoms with Crippen molar-refractivity contribution < 1.29 is 9.59 Å². The second-order valence-corrected chi connectivity index (χ2v) is 5.78. The van der Waals surface area contributed by atoms with Crippen LogP contribution in [0.15, 0.2) is 47.0 Å². The Morgan fingerprint density at radius 3 is 2.82 bits per heavy atom. The van der Waals surface area contributed by atoms with Crippen molar-refractivity contribution in [1.29, 1.82) is 0 Å². The molecule has 1 N–H and O–H groups in total. The number of benzene rings is 1. The third-order valence-corrected chi connectivity index (χ3v) is 3.99. The number of anilines is 1. The number of carbonyl (C=O) groups is 2. The van der Waals surface area contributed by atoms with Crippen LogP contribution in [0.25, 0.3) is 0 Å². The maximum absolute atomic E-state index is 12.4. The van der Waals surface area contributed by atoms with Crippen LogP contribution in [0.2, 0.25) is 0 Å². The lowest BCUT2D eigenvalue weighted by Crippen LogP contribution is -2.35. The van der Waals surface area contributed by atoms with Crippen LogP contribution >= 0.6 is 11.3 Å². The van der Waals surface area contributed by atoms with Gasteiger partial charge >= 0.3 is 0 Å². The van der Waals surface area contributed by atoms with Crippen LogP contribution in [0.1, 0.15) is 12.5 Å². The maximum atomic E-state index is 12.4. The van der Waals surface area contributed by atoms with Gasteiger partial charge < -0.3 is 5.32 Å². The van der Waals surface area contributed by atoms with E-state index in [1.165, 1.54) is 16.3 Å². The number of hydrogen-bond acceptors (Lipinski definition) is 5. The summed E-state index contributed by atoms with van der Waals surface area (Å²) >= 11 is 1.31. The molecule has 2 amide bonds. The predicted octanol–water partition coefficient (Wildman–Crippen LogP) is 2.12. The van der Waals surface area contributed by atoms with Crippen LogP contribution in [-0.4, -0.2) is 27.5 Å². The molecule has 112 valence electrons. The summed E-state index contributed by atoms with van der Waals surface area (Å²) in [5, 5.41) is 10.4. The number of nitrogens with zero attached hydrogens (tertiary/aromatic N) is 3. The molecule has 0 fully saturated rings. The molecule has 7 heteroatoms. The van der Waals surface area contributed by atoms with Gasteiger partial charge in [-0.05, 0) is 12.5 Å². The summed E-state index contributed by atoms with van der Waals surface area (Å²) in [5.74, 6) is -1.58. The monoisotopic (exact) mass is 314 g/mol. The van der Waals surface area contributed by atoms with Gasteiger partial charge in [-0.25, -0.2) is 9.99 Å². The van der Waals surface area contributed by atoms with Gasteiger partial charge in [0, 0.05) is 11.6 Å². The standard InChI is InChI=1S/C15H14N4O2S/c1-10-12(13(20)17-15-16-7-8-22-15)14(21)19(18-10)9-11-5-3-2-4-6-11/h2-8,12H,9H2,1H3,(H,16,17,20). The van der Waals surface area contributed by atoms with Crippen molar-refractivity contribution in [2.75, 3.05) is 5.32 Å². The number of carbonyl (C=O) groups excluding carboxylic acids is 2. The maximum Gasteiger partial charge on any atom is 0.261 e. The van der Waals surface area contributed by atoms with Crippen molar-refractivity contribution in [3.63, 3.8) is 0 Å². The average Bonchev–Trinajstić information content (AvgIpc) is 3.09. The van der Waals surface area contributed by atoms with Crippen LogP contribution < -0.4 is 5.32 Å². The Balaban J connectivity index is 1.71. The molecule has 6 nitrogen and oxygen atoms in total. The van der Waals surface area contributed by atoms with Gasteiger partial charge in [-0.2, -0.15) is 5.10 Å². The highest BCUT2D eigenvalue weighted by atomic mass is 32.1. The van der Waals surface area contributed by atoms with Gasteiger partial charge in [-0.15, -0.1) is 11.3 Å². The SMILES string of the molecule is CC1=NN(Cc2ccccc2)C(=O)C1C(=O)Nc1nccs1. The van der Waals surface area contributed by atoms with Crippen molar-refractivity contribution in [1.82, 2.24) is 9.99 Å². The molecular formula is C15H14N4O2S. The molecule has 1 aliphatic rings. The first-order valence-corrected chi connectivity index (χ1v) is 7.64. The Labute approximate surface area is 131 Å². The third-order valence-electron chi connectivity index (χ3n) is 3.30. The Morgan fingerprint density at radius 2 is 2.14 bits per heavy atom. The van der Waals surface area contributed by atoms with Crippen LogP contribution in [0.4, 0.5) is 5.13 Å². The molecule has 0 saturated heterocycles. The summed E-state index contributed by atoms with van der Waals surface area (Å²) in [6.45, 7) is 2.05. The largest absolute Gasteiger partial charge is 0.301 e. The molecule has 22 heavy (non-hydrogen) atoms. The molecule has 0 radical (unpaired) electrons. The number of hydrogen-bond donors (Lipinski definition) is 1. The molecule has 1 aliphatic heterocycles. The zero-order valence-electron chi connectivity index (χ0n) is 11.9. The molecule has 2 aromatic rings. The van der Waals surface area contributed by atoms with Gasteiger partial charge in [-0.3, -0.25) is 9.59 Å². The highest BCUT2D eigenvalue weighted by molar-refractivity contribution is 7.13. The minimum atomic E-state index is -0.882. The number of hydrazone groups is 1. The van der Waals surface area contributed by atoms with Gasteiger partial charge in [-0.1, -0.05) is 30.3 Å². The summed E-state index contributed by atoms with van der Waals surface area (Å²) in [6.07, 6.45) is 1.60. The zero-order chi connectivity index (χ0) is 15.5. The van der Waals surface area contributed by atoms with Crippen LogP contribution in [0.3, 0.4) is 0 Å². The van der Waals surface area contributed by atoms with Crippen LogP contribution in [0.5, 0.6) is 0 Å². The van der Waals surface area contributed by atoms with Crippen molar-refractivity contribution in [2.45, 2.75) is 13.5 Å². The number of rotatable bonds is 4. The predicted molar refractivity (Wildman–Crippen MR) is 84.3 cm³/mol. The summed E-state index contributed by atoms with van der Waals surface area (Å²) < 4.78 is 0. The van der Waals surface area contributed by atoms with E-state index in [0.717, 1.165) is 5.56 Å². The molecule has 0 spiro atoms. The van der Waals surface area contributed by atoms with Crippen LogP contribution in [-0.2, 0) is 16.1 Å². The van der Waals surface area contributed by atoms with Crippen molar-refractivity contribution in [2.24, 2.45) is 11.0 Å². The fraction of sp³-hybridized carbons (Fsp3) is 0.200. The average molecular weight is 314 g/mol. The molecule has 1 atom stereocenters. The fourth-order valence-corrected chi connectivity index (χ4v) is 2.79. The highest BCUT2D eigenvalue weighted by Crippen LogP contribution is 2.21. The summed E-state index contributed by atoms with van der Waals surface area (Å²) in [6, 6.07) is 9.55. The zero-order valence-corrected chi connectivity index (χ0v) is 12.7. The molecule has 0 aliphatic carbocycles. The van der Waals surface area contributed by atoms with E-state index in [4.69, 9.17) is 0 Å². The number of aromatic nitrogens is 1. The second-order valence-electron chi connectivity index (χ2n) is 4.88. The first kappa shape index (κ1) is 14.4. The van der Waals surface area contributed by atoms with Gasteiger partial charge in [0.25, 0.3) is 5.91 Å². The fourth-order valence-electron chi connectivity index (χ4n) is 2.26. The van der Waals surface area contributed by atoms with E-state index in [2.05, 4.69) is 15.4 Å². The molecule has 1 aromatic carbocycles. The molecule has 2 heterocycles. The minimum Gasteiger partial charge on any atom is -0.301 e. The van der Waals surface area contributed by atoms with Crippen molar-refractivity contribution in [3.8, 4) is 0 Å². The van der Waals surface area contributed by atoms with Gasteiger partial charge in [0.1, 0.15) is 0 Å². The Bertz CT molecular complexity index is 712. The smallest absolute Gasteiger partial charge is 0.261 e. The van der Waals surface area contributed by atoms with Gasteiger partial charge in [0.05, 0.1) is 12.3 Å². The van der Waals surface area contributed by atoms with E-state index in [0.29, 0.717) is 17.4 Å². The van der Waals surface area contributed by atoms with Crippen molar-refractivity contribution in [3.05, 3.63) is 47.5 Å². The van der Waals surface area contributed by atoms with Gasteiger partial charge in [0.15, 0.2) is 11.0 Å². The summed E-state index contributed by atoms with van der Waals surface area (Å²) in [7, 11) is 0. The van der Waals surface area contributed by atoms with E-state index in [1.807, 2.05) is 30.3 Å². The molecule has 3 rings (SSSR count). The quantitative estimate of drug-likeness (QED) is 0.878. The molecule has 0 bridgehead atoms.